The van der Waals surface area contributed by atoms with E-state index in [1.165, 1.54) is 17.6 Å². The predicted octanol–water partition coefficient (Wildman–Crippen LogP) is 4.96. The van der Waals surface area contributed by atoms with Crippen LogP contribution in [-0.4, -0.2) is 29.5 Å². The maximum atomic E-state index is 13.1. The standard InChI is InChI=1S/C22H21F3N2O3/c1-12-10-18(30-4)13(2)9-16(12)26-19(28)11-27-14(3)20(21(29)22(23,24)25)15-7-5-6-8-17(15)27/h5-10H,11H2,1-4H3,(H,26,28). The number of hydrogen-bond donors (Lipinski definition) is 1. The van der Waals surface area contributed by atoms with Crippen LogP contribution in [0, 0.1) is 20.8 Å². The number of ketones is 1. The lowest BCUT2D eigenvalue weighted by Gasteiger charge is -2.14. The zero-order valence-electron chi connectivity index (χ0n) is 17.0. The lowest BCUT2D eigenvalue weighted by Crippen LogP contribution is -2.24. The zero-order valence-corrected chi connectivity index (χ0v) is 17.0. The molecule has 0 saturated carbocycles. The number of methoxy groups -OCH3 is 1. The number of nitrogens with zero attached hydrogens (tertiary/aromatic N) is 1. The minimum absolute atomic E-state index is 0.0938. The lowest BCUT2D eigenvalue weighted by atomic mass is 10.1. The minimum Gasteiger partial charge on any atom is -0.496 e. The fraction of sp³-hybridized carbons (Fsp3) is 0.273. The number of carbonyl (C=O) groups excluding carboxylic acids is 2. The molecule has 8 heteroatoms. The van der Waals surface area contributed by atoms with Crippen molar-refractivity contribution < 1.29 is 27.5 Å². The van der Waals surface area contributed by atoms with Crippen LogP contribution in [0.2, 0.25) is 0 Å². The van der Waals surface area contributed by atoms with Gasteiger partial charge in [-0.05, 0) is 50.1 Å². The Morgan fingerprint density at radius 3 is 2.37 bits per heavy atom. The first-order valence-corrected chi connectivity index (χ1v) is 9.19. The van der Waals surface area contributed by atoms with Crippen LogP contribution < -0.4 is 10.1 Å². The first-order valence-electron chi connectivity index (χ1n) is 9.19. The summed E-state index contributed by atoms with van der Waals surface area (Å²) >= 11 is 0. The first kappa shape index (κ1) is 21.4. The molecule has 0 unspecified atom stereocenters. The van der Waals surface area contributed by atoms with Gasteiger partial charge in [0.2, 0.25) is 5.91 Å². The van der Waals surface area contributed by atoms with Gasteiger partial charge in [0.15, 0.2) is 0 Å². The van der Waals surface area contributed by atoms with Crippen LogP contribution in [0.4, 0.5) is 18.9 Å². The molecule has 1 amide bonds. The van der Waals surface area contributed by atoms with Crippen LogP contribution in [0.5, 0.6) is 5.75 Å². The fourth-order valence-corrected chi connectivity index (χ4v) is 3.54. The molecule has 1 aromatic heterocycles. The highest BCUT2D eigenvalue weighted by atomic mass is 19.4. The number of halogens is 3. The molecule has 0 aliphatic rings. The molecule has 0 atom stereocenters. The van der Waals surface area contributed by atoms with Gasteiger partial charge in [0.05, 0.1) is 12.7 Å². The average Bonchev–Trinajstić information content (AvgIpc) is 2.94. The number of hydrogen-bond acceptors (Lipinski definition) is 3. The summed E-state index contributed by atoms with van der Waals surface area (Å²) in [7, 11) is 1.56. The molecule has 0 bridgehead atoms. The summed E-state index contributed by atoms with van der Waals surface area (Å²) in [6, 6.07) is 9.81. The second kappa shape index (κ2) is 7.85. The SMILES string of the molecule is COc1cc(C)c(NC(=O)Cn2c(C)c(C(=O)C(F)(F)F)c3ccccc32)cc1C. The number of carbonyl (C=O) groups is 2. The largest absolute Gasteiger partial charge is 0.496 e. The van der Waals surface area contributed by atoms with Gasteiger partial charge in [-0.3, -0.25) is 9.59 Å². The molecule has 3 aromatic rings. The Bertz CT molecular complexity index is 1150. The molecule has 30 heavy (non-hydrogen) atoms. The molecule has 2 aromatic carbocycles. The second-order valence-corrected chi connectivity index (χ2v) is 7.08. The molecule has 1 N–H and O–H groups in total. The highest BCUT2D eigenvalue weighted by molar-refractivity contribution is 6.12. The number of nitrogens with one attached hydrogen (secondary N) is 1. The summed E-state index contributed by atoms with van der Waals surface area (Å²) < 4.78 is 46.0. The second-order valence-electron chi connectivity index (χ2n) is 7.08. The van der Waals surface area contributed by atoms with E-state index in [9.17, 15) is 22.8 Å². The predicted molar refractivity (Wildman–Crippen MR) is 108 cm³/mol. The summed E-state index contributed by atoms with van der Waals surface area (Å²) in [4.78, 5) is 24.7. The maximum absolute atomic E-state index is 13.1. The highest BCUT2D eigenvalue weighted by Gasteiger charge is 2.42. The van der Waals surface area contributed by atoms with Gasteiger partial charge >= 0.3 is 6.18 Å². The van der Waals surface area contributed by atoms with Gasteiger partial charge in [-0.1, -0.05) is 18.2 Å². The third kappa shape index (κ3) is 3.90. The maximum Gasteiger partial charge on any atom is 0.454 e. The van der Waals surface area contributed by atoms with Gasteiger partial charge in [0.25, 0.3) is 5.78 Å². The third-order valence-electron chi connectivity index (χ3n) is 5.03. The molecule has 5 nitrogen and oxygen atoms in total. The van der Waals surface area contributed by atoms with Gasteiger partial charge in [-0.2, -0.15) is 13.2 Å². The van der Waals surface area contributed by atoms with Crippen molar-refractivity contribution in [3.05, 3.63) is 58.8 Å². The molecular weight excluding hydrogens is 397 g/mol. The Balaban J connectivity index is 1.97. The average molecular weight is 418 g/mol. The number of para-hydroxylation sites is 1. The van der Waals surface area contributed by atoms with E-state index < -0.39 is 23.4 Å². The van der Waals surface area contributed by atoms with Crippen molar-refractivity contribution in [1.29, 1.82) is 0 Å². The van der Waals surface area contributed by atoms with Crippen LogP contribution in [-0.2, 0) is 11.3 Å². The number of ether oxygens (including phenoxy) is 1. The number of aromatic nitrogens is 1. The van der Waals surface area contributed by atoms with Crippen molar-refractivity contribution in [2.24, 2.45) is 0 Å². The van der Waals surface area contributed by atoms with Crippen molar-refractivity contribution in [3.8, 4) is 5.75 Å². The van der Waals surface area contributed by atoms with Crippen LogP contribution in [0.15, 0.2) is 36.4 Å². The Labute approximate surface area is 171 Å². The number of Topliss-reactive ketones (excluding diaryl/α,β-unsaturated/α-hetero) is 1. The monoisotopic (exact) mass is 418 g/mol. The van der Waals surface area contributed by atoms with E-state index in [4.69, 9.17) is 4.74 Å². The number of benzene rings is 2. The van der Waals surface area contributed by atoms with Gasteiger partial charge in [-0.25, -0.2) is 0 Å². The quantitative estimate of drug-likeness (QED) is 0.596. The summed E-state index contributed by atoms with van der Waals surface area (Å²) in [5.74, 6) is -1.65. The van der Waals surface area contributed by atoms with Crippen molar-refractivity contribution in [2.75, 3.05) is 12.4 Å². The van der Waals surface area contributed by atoms with Crippen LogP contribution in [0.1, 0.15) is 27.2 Å². The molecule has 0 radical (unpaired) electrons. The van der Waals surface area contributed by atoms with Crippen molar-refractivity contribution in [1.82, 2.24) is 4.57 Å². The fourth-order valence-electron chi connectivity index (χ4n) is 3.54. The molecule has 0 aliphatic heterocycles. The zero-order chi connectivity index (χ0) is 22.2. The number of alkyl halides is 3. The number of anilines is 1. The number of amides is 1. The molecule has 0 spiro atoms. The third-order valence-corrected chi connectivity index (χ3v) is 5.03. The topological polar surface area (TPSA) is 60.3 Å². The lowest BCUT2D eigenvalue weighted by molar-refractivity contribution is -0.116. The molecule has 1 heterocycles. The number of aryl methyl sites for hydroxylation is 2. The Kier molecular flexibility index (Phi) is 5.61. The molecule has 0 fully saturated rings. The van der Waals surface area contributed by atoms with E-state index in [1.807, 2.05) is 13.8 Å². The van der Waals surface area contributed by atoms with Crippen molar-refractivity contribution >= 4 is 28.3 Å². The smallest absolute Gasteiger partial charge is 0.454 e. The van der Waals surface area contributed by atoms with E-state index >= 15 is 0 Å². The van der Waals surface area contributed by atoms with E-state index in [-0.39, 0.29) is 17.6 Å². The molecule has 0 aliphatic carbocycles. The van der Waals surface area contributed by atoms with Crippen molar-refractivity contribution in [2.45, 2.75) is 33.5 Å². The Morgan fingerprint density at radius 1 is 1.07 bits per heavy atom. The number of fused-ring (bicyclic) bond motifs is 1. The van der Waals surface area contributed by atoms with Crippen LogP contribution >= 0.6 is 0 Å². The van der Waals surface area contributed by atoms with Crippen LogP contribution in [0.3, 0.4) is 0 Å². The highest BCUT2D eigenvalue weighted by Crippen LogP contribution is 2.32. The Hall–Kier alpha value is -3.29. The molecule has 158 valence electrons. The molecular formula is C22H21F3N2O3. The van der Waals surface area contributed by atoms with Gasteiger partial charge in [0, 0.05) is 22.3 Å². The van der Waals surface area contributed by atoms with Gasteiger partial charge < -0.3 is 14.6 Å². The molecule has 3 rings (SSSR count). The Morgan fingerprint density at radius 2 is 1.73 bits per heavy atom. The van der Waals surface area contributed by atoms with Gasteiger partial charge in [-0.15, -0.1) is 0 Å². The number of rotatable bonds is 5. The normalized spacial score (nSPS) is 11.6. The van der Waals surface area contributed by atoms with Crippen molar-refractivity contribution in [3.63, 3.8) is 0 Å². The van der Waals surface area contributed by atoms with E-state index in [0.717, 1.165) is 11.1 Å². The summed E-state index contributed by atoms with van der Waals surface area (Å²) in [5, 5.41) is 2.96. The summed E-state index contributed by atoms with van der Waals surface area (Å²) in [6.07, 6.45) is -5.00. The summed E-state index contributed by atoms with van der Waals surface area (Å²) in [6.45, 7) is 4.83. The van der Waals surface area contributed by atoms with Gasteiger partial charge in [0.1, 0.15) is 12.3 Å². The van der Waals surface area contributed by atoms with Crippen LogP contribution in [0.25, 0.3) is 10.9 Å². The first-order chi connectivity index (χ1) is 14.0. The van der Waals surface area contributed by atoms with E-state index in [2.05, 4.69) is 5.32 Å². The van der Waals surface area contributed by atoms with E-state index in [0.29, 0.717) is 17.0 Å². The summed E-state index contributed by atoms with van der Waals surface area (Å²) in [5.41, 5.74) is 2.25. The minimum atomic E-state index is -5.00. The molecule has 0 saturated heterocycles. The van der Waals surface area contributed by atoms with E-state index in [1.54, 1.807) is 37.4 Å².